The molecule has 1 fully saturated rings. The van der Waals surface area contributed by atoms with Gasteiger partial charge in [-0.1, -0.05) is 0 Å². The molecule has 0 radical (unpaired) electrons. The molecule has 2 N–H and O–H groups in total. The van der Waals surface area contributed by atoms with E-state index in [-0.39, 0.29) is 5.91 Å². The van der Waals surface area contributed by atoms with E-state index >= 15 is 0 Å². The second-order valence-corrected chi connectivity index (χ2v) is 4.22. The average molecular weight is 229 g/mol. The van der Waals surface area contributed by atoms with Crippen LogP contribution in [0.25, 0.3) is 0 Å². The second-order valence-electron chi connectivity index (χ2n) is 4.22. The molecular weight excluding hydrogens is 210 g/mol. The fraction of sp³-hybridized carbons (Fsp3) is 0.818. The van der Waals surface area contributed by atoms with Gasteiger partial charge in [0.15, 0.2) is 0 Å². The number of aliphatic carboxylic acids is 1. The number of carbonyl (C=O) groups is 2. The highest BCUT2D eigenvalue weighted by Gasteiger charge is 2.17. The van der Waals surface area contributed by atoms with Crippen molar-refractivity contribution >= 4 is 11.9 Å². The van der Waals surface area contributed by atoms with E-state index < -0.39 is 12.0 Å². The van der Waals surface area contributed by atoms with Crippen molar-refractivity contribution in [2.24, 2.45) is 5.92 Å². The fourth-order valence-corrected chi connectivity index (χ4v) is 1.75. The number of carboxylic acid groups (broad SMARTS) is 1. The molecule has 1 amide bonds. The van der Waals surface area contributed by atoms with E-state index in [0.29, 0.717) is 12.3 Å². The molecule has 1 aliphatic heterocycles. The maximum atomic E-state index is 11.4. The zero-order valence-electron chi connectivity index (χ0n) is 9.57. The predicted molar refractivity (Wildman–Crippen MR) is 58.0 cm³/mol. The Kier molecular flexibility index (Phi) is 5.25. The molecule has 16 heavy (non-hydrogen) atoms. The minimum Gasteiger partial charge on any atom is -0.480 e. The first-order valence-electron chi connectivity index (χ1n) is 5.69. The van der Waals surface area contributed by atoms with Crippen LogP contribution in [-0.4, -0.2) is 36.2 Å². The van der Waals surface area contributed by atoms with E-state index in [0.717, 1.165) is 32.5 Å². The number of hydrogen-bond donors (Lipinski definition) is 2. The number of nitrogens with one attached hydrogen (secondary N) is 1. The van der Waals surface area contributed by atoms with Crippen molar-refractivity contribution in [3.05, 3.63) is 0 Å². The molecule has 92 valence electrons. The molecule has 1 rings (SSSR count). The summed E-state index contributed by atoms with van der Waals surface area (Å²) in [6.45, 7) is 3.02. The van der Waals surface area contributed by atoms with Crippen molar-refractivity contribution in [1.82, 2.24) is 5.32 Å². The number of carbonyl (C=O) groups excluding carboxylic acids is 1. The van der Waals surface area contributed by atoms with Crippen molar-refractivity contribution in [1.29, 1.82) is 0 Å². The van der Waals surface area contributed by atoms with Gasteiger partial charge in [0.2, 0.25) is 5.91 Å². The normalized spacial score (nSPS) is 19.1. The first-order valence-corrected chi connectivity index (χ1v) is 5.69. The van der Waals surface area contributed by atoms with Crippen LogP contribution in [0.15, 0.2) is 0 Å². The molecule has 1 atom stereocenters. The van der Waals surface area contributed by atoms with Gasteiger partial charge in [0.05, 0.1) is 0 Å². The Labute approximate surface area is 95.2 Å². The summed E-state index contributed by atoms with van der Waals surface area (Å²) >= 11 is 0. The lowest BCUT2D eigenvalue weighted by Gasteiger charge is -2.21. The number of hydrogen-bond acceptors (Lipinski definition) is 3. The van der Waals surface area contributed by atoms with Crippen LogP contribution in [0.2, 0.25) is 0 Å². The van der Waals surface area contributed by atoms with Gasteiger partial charge in [0.1, 0.15) is 6.04 Å². The van der Waals surface area contributed by atoms with Gasteiger partial charge in [-0.15, -0.1) is 0 Å². The van der Waals surface area contributed by atoms with E-state index in [1.165, 1.54) is 6.92 Å². The van der Waals surface area contributed by atoms with Crippen molar-refractivity contribution in [3.63, 3.8) is 0 Å². The van der Waals surface area contributed by atoms with Gasteiger partial charge < -0.3 is 15.2 Å². The molecule has 0 aromatic rings. The molecule has 1 saturated heterocycles. The Morgan fingerprint density at radius 1 is 1.44 bits per heavy atom. The van der Waals surface area contributed by atoms with E-state index in [9.17, 15) is 9.59 Å². The number of ether oxygens (including phenoxy) is 1. The Bertz CT molecular complexity index is 248. The van der Waals surface area contributed by atoms with Gasteiger partial charge in [0, 0.05) is 19.6 Å². The molecule has 1 aliphatic rings. The molecule has 5 heteroatoms. The van der Waals surface area contributed by atoms with Crippen LogP contribution in [0.4, 0.5) is 0 Å². The summed E-state index contributed by atoms with van der Waals surface area (Å²) in [6, 6.07) is -0.804. The van der Waals surface area contributed by atoms with Crippen LogP contribution < -0.4 is 5.32 Å². The lowest BCUT2D eigenvalue weighted by molar-refractivity contribution is -0.141. The van der Waals surface area contributed by atoms with Gasteiger partial charge in [-0.2, -0.15) is 0 Å². The van der Waals surface area contributed by atoms with Gasteiger partial charge in [-0.3, -0.25) is 9.59 Å². The third-order valence-corrected chi connectivity index (χ3v) is 2.87. The van der Waals surface area contributed by atoms with Crippen molar-refractivity contribution in [2.45, 2.75) is 38.6 Å². The van der Waals surface area contributed by atoms with Gasteiger partial charge >= 0.3 is 5.97 Å². The highest BCUT2D eigenvalue weighted by molar-refractivity contribution is 5.83. The summed E-state index contributed by atoms with van der Waals surface area (Å²) in [5.41, 5.74) is 0. The summed E-state index contributed by atoms with van der Waals surface area (Å²) in [4.78, 5) is 21.9. The maximum Gasteiger partial charge on any atom is 0.325 e. The zero-order valence-corrected chi connectivity index (χ0v) is 9.57. The first-order chi connectivity index (χ1) is 7.59. The molecule has 5 nitrogen and oxygen atoms in total. The van der Waals surface area contributed by atoms with Crippen LogP contribution in [-0.2, 0) is 14.3 Å². The van der Waals surface area contributed by atoms with Crippen LogP contribution in [0, 0.1) is 5.92 Å². The summed E-state index contributed by atoms with van der Waals surface area (Å²) in [5, 5.41) is 11.1. The van der Waals surface area contributed by atoms with Crippen molar-refractivity contribution in [2.75, 3.05) is 13.2 Å². The minimum atomic E-state index is -1.00. The van der Waals surface area contributed by atoms with Gasteiger partial charge in [-0.25, -0.2) is 0 Å². The van der Waals surface area contributed by atoms with Crippen molar-refractivity contribution in [3.8, 4) is 0 Å². The van der Waals surface area contributed by atoms with E-state index in [1.807, 2.05) is 0 Å². The van der Waals surface area contributed by atoms with Crippen LogP contribution in [0.1, 0.15) is 32.6 Å². The van der Waals surface area contributed by atoms with Gasteiger partial charge in [-0.05, 0) is 32.1 Å². The molecule has 0 saturated carbocycles. The quantitative estimate of drug-likeness (QED) is 0.730. The van der Waals surface area contributed by atoms with Crippen LogP contribution in [0.3, 0.4) is 0 Å². The lowest BCUT2D eigenvalue weighted by atomic mass is 9.95. The lowest BCUT2D eigenvalue weighted by Crippen LogP contribution is -2.38. The minimum absolute atomic E-state index is 0.179. The van der Waals surface area contributed by atoms with Crippen molar-refractivity contribution < 1.29 is 19.4 Å². The smallest absolute Gasteiger partial charge is 0.325 e. The molecule has 1 heterocycles. The molecule has 0 bridgehead atoms. The monoisotopic (exact) mass is 229 g/mol. The van der Waals surface area contributed by atoms with Gasteiger partial charge in [0.25, 0.3) is 0 Å². The highest BCUT2D eigenvalue weighted by atomic mass is 16.5. The maximum absolute atomic E-state index is 11.4. The fourth-order valence-electron chi connectivity index (χ4n) is 1.75. The molecule has 0 aromatic carbocycles. The van der Waals surface area contributed by atoms with Crippen LogP contribution >= 0.6 is 0 Å². The predicted octanol–water partition coefficient (Wildman–Crippen LogP) is 0.782. The van der Waals surface area contributed by atoms with E-state index in [2.05, 4.69) is 5.32 Å². The summed E-state index contributed by atoms with van der Waals surface area (Å²) < 4.78 is 5.22. The van der Waals surface area contributed by atoms with E-state index in [1.54, 1.807) is 0 Å². The molecule has 0 aliphatic carbocycles. The third-order valence-electron chi connectivity index (χ3n) is 2.87. The number of rotatable bonds is 5. The standard InChI is InChI=1S/C11H19NO4/c1-8(11(14)15)12-10(13)3-2-9-4-6-16-7-5-9/h8-9H,2-7H2,1H3,(H,12,13)(H,14,15). The average Bonchev–Trinajstić information content (AvgIpc) is 2.27. The summed E-state index contributed by atoms with van der Waals surface area (Å²) in [5.74, 6) is -0.638. The SMILES string of the molecule is CC(NC(=O)CCC1CCOCC1)C(=O)O. The molecule has 0 spiro atoms. The van der Waals surface area contributed by atoms with Crippen LogP contribution in [0.5, 0.6) is 0 Å². The van der Waals surface area contributed by atoms with E-state index in [4.69, 9.17) is 9.84 Å². The first kappa shape index (κ1) is 13.0. The Hall–Kier alpha value is -1.10. The molecular formula is C11H19NO4. The summed E-state index contributed by atoms with van der Waals surface area (Å²) in [6.07, 6.45) is 3.23. The number of carboxylic acids is 1. The zero-order chi connectivity index (χ0) is 12.0. The number of amides is 1. The summed E-state index contributed by atoms with van der Waals surface area (Å²) in [7, 11) is 0. The Balaban J connectivity index is 2.16. The topological polar surface area (TPSA) is 75.6 Å². The Morgan fingerprint density at radius 3 is 2.62 bits per heavy atom. The second kappa shape index (κ2) is 6.48. The highest BCUT2D eigenvalue weighted by Crippen LogP contribution is 2.19. The Morgan fingerprint density at radius 2 is 2.06 bits per heavy atom. The third kappa shape index (κ3) is 4.61. The molecule has 0 aromatic heterocycles. The largest absolute Gasteiger partial charge is 0.480 e. The molecule has 1 unspecified atom stereocenters.